The number of nitrogens with one attached hydrogen (secondary N) is 1. The van der Waals surface area contributed by atoms with E-state index in [-0.39, 0.29) is 12.5 Å². The molecule has 6 heteroatoms. The minimum Gasteiger partial charge on any atom is -0.483 e. The van der Waals surface area contributed by atoms with Crippen LogP contribution in [0.4, 0.5) is 11.5 Å². The van der Waals surface area contributed by atoms with Crippen molar-refractivity contribution in [1.82, 2.24) is 10.2 Å². The molecule has 1 amide bonds. The van der Waals surface area contributed by atoms with Crippen LogP contribution in [0.5, 0.6) is 5.75 Å². The molecule has 32 heavy (non-hydrogen) atoms. The Balaban J connectivity index is 1.32. The van der Waals surface area contributed by atoms with Crippen LogP contribution in [-0.2, 0) is 4.79 Å². The maximum atomic E-state index is 12.3. The topological polar surface area (TPSA) is 67.3 Å². The first-order valence-electron chi connectivity index (χ1n) is 11.2. The van der Waals surface area contributed by atoms with E-state index in [2.05, 4.69) is 27.3 Å². The second-order valence-corrected chi connectivity index (χ2v) is 8.63. The van der Waals surface area contributed by atoms with Crippen LogP contribution in [0.1, 0.15) is 30.9 Å². The quantitative estimate of drug-likeness (QED) is 0.595. The van der Waals surface area contributed by atoms with E-state index in [0.717, 1.165) is 53.1 Å². The third kappa shape index (κ3) is 5.44. The smallest absolute Gasteiger partial charge is 0.262 e. The van der Waals surface area contributed by atoms with Crippen molar-refractivity contribution in [1.29, 1.82) is 0 Å². The maximum Gasteiger partial charge on any atom is 0.262 e. The molecule has 0 aliphatic carbocycles. The summed E-state index contributed by atoms with van der Waals surface area (Å²) >= 11 is 0. The maximum absolute atomic E-state index is 12.3. The van der Waals surface area contributed by atoms with Crippen molar-refractivity contribution in [2.75, 3.05) is 29.9 Å². The molecule has 166 valence electrons. The monoisotopic (exact) mass is 430 g/mol. The summed E-state index contributed by atoms with van der Waals surface area (Å²) in [7, 11) is 0. The first kappa shape index (κ1) is 21.8. The molecule has 4 rings (SSSR count). The van der Waals surface area contributed by atoms with Gasteiger partial charge >= 0.3 is 0 Å². The van der Waals surface area contributed by atoms with E-state index in [4.69, 9.17) is 4.74 Å². The highest BCUT2D eigenvalue weighted by Gasteiger charge is 2.17. The summed E-state index contributed by atoms with van der Waals surface area (Å²) in [6, 6.07) is 17.6. The molecule has 1 aromatic heterocycles. The van der Waals surface area contributed by atoms with Crippen molar-refractivity contribution in [3.05, 3.63) is 65.7 Å². The molecule has 0 bridgehead atoms. The summed E-state index contributed by atoms with van der Waals surface area (Å²) in [5, 5.41) is 11.7. The van der Waals surface area contributed by atoms with Gasteiger partial charge in [-0.15, -0.1) is 10.2 Å². The van der Waals surface area contributed by atoms with E-state index in [1.807, 2.05) is 68.4 Å². The van der Waals surface area contributed by atoms with Crippen molar-refractivity contribution in [2.45, 2.75) is 33.6 Å². The number of hydrogen-bond donors (Lipinski definition) is 1. The average Bonchev–Trinajstić information content (AvgIpc) is 2.80. The van der Waals surface area contributed by atoms with Crippen LogP contribution >= 0.6 is 0 Å². The Kier molecular flexibility index (Phi) is 6.69. The Bertz CT molecular complexity index is 1060. The van der Waals surface area contributed by atoms with E-state index in [0.29, 0.717) is 0 Å². The summed E-state index contributed by atoms with van der Waals surface area (Å²) in [6.45, 7) is 8.35. The lowest BCUT2D eigenvalue weighted by atomic mass is 9.99. The fourth-order valence-corrected chi connectivity index (χ4v) is 3.91. The number of aromatic nitrogens is 2. The van der Waals surface area contributed by atoms with E-state index >= 15 is 0 Å². The molecule has 1 N–H and O–H groups in total. The van der Waals surface area contributed by atoms with Gasteiger partial charge in [-0.25, -0.2) is 0 Å². The van der Waals surface area contributed by atoms with Gasteiger partial charge in [0.25, 0.3) is 5.91 Å². The van der Waals surface area contributed by atoms with Crippen LogP contribution in [-0.4, -0.2) is 35.8 Å². The fraction of sp³-hybridized carbons (Fsp3) is 0.346. The Morgan fingerprint density at radius 1 is 1.03 bits per heavy atom. The van der Waals surface area contributed by atoms with Gasteiger partial charge in [-0.3, -0.25) is 4.79 Å². The second-order valence-electron chi connectivity index (χ2n) is 8.63. The number of piperidine rings is 1. The molecule has 1 saturated heterocycles. The van der Waals surface area contributed by atoms with Gasteiger partial charge < -0.3 is 15.0 Å². The molecule has 0 saturated carbocycles. The van der Waals surface area contributed by atoms with E-state index in [9.17, 15) is 4.79 Å². The number of hydrogen-bond acceptors (Lipinski definition) is 5. The summed E-state index contributed by atoms with van der Waals surface area (Å²) in [6.07, 6.45) is 2.40. The normalized spacial score (nSPS) is 14.3. The predicted octanol–water partition coefficient (Wildman–Crippen LogP) is 5.01. The van der Waals surface area contributed by atoms with Gasteiger partial charge in [0, 0.05) is 24.3 Å². The van der Waals surface area contributed by atoms with Gasteiger partial charge in [-0.1, -0.05) is 36.8 Å². The minimum atomic E-state index is -0.197. The molecule has 2 aromatic carbocycles. The molecule has 1 aliphatic rings. The predicted molar refractivity (Wildman–Crippen MR) is 128 cm³/mol. The number of aryl methyl sites for hydroxylation is 2. The van der Waals surface area contributed by atoms with Crippen molar-refractivity contribution in [3.8, 4) is 17.0 Å². The highest BCUT2D eigenvalue weighted by atomic mass is 16.5. The lowest BCUT2D eigenvalue weighted by Gasteiger charge is -2.30. The van der Waals surface area contributed by atoms with Crippen LogP contribution in [0.2, 0.25) is 0 Å². The fourth-order valence-electron chi connectivity index (χ4n) is 3.91. The summed E-state index contributed by atoms with van der Waals surface area (Å²) in [4.78, 5) is 14.6. The number of amides is 1. The minimum absolute atomic E-state index is 0.0339. The van der Waals surface area contributed by atoms with Gasteiger partial charge in [0.05, 0.1) is 5.69 Å². The summed E-state index contributed by atoms with van der Waals surface area (Å²) < 4.78 is 5.65. The number of anilines is 2. The highest BCUT2D eigenvalue weighted by Crippen LogP contribution is 2.24. The third-order valence-corrected chi connectivity index (χ3v) is 5.91. The molecule has 0 unspecified atom stereocenters. The largest absolute Gasteiger partial charge is 0.483 e. The Hall–Kier alpha value is -3.41. The molecule has 1 fully saturated rings. The number of carbonyl (C=O) groups is 1. The van der Waals surface area contributed by atoms with Gasteiger partial charge in [0.1, 0.15) is 5.75 Å². The average molecular weight is 431 g/mol. The van der Waals surface area contributed by atoms with Crippen LogP contribution in [0.3, 0.4) is 0 Å². The van der Waals surface area contributed by atoms with Crippen molar-refractivity contribution >= 4 is 17.4 Å². The van der Waals surface area contributed by atoms with Crippen LogP contribution in [0.15, 0.2) is 54.6 Å². The molecule has 2 heterocycles. The number of rotatable bonds is 6. The molecule has 0 radical (unpaired) electrons. The van der Waals surface area contributed by atoms with Crippen LogP contribution in [0, 0.1) is 19.8 Å². The summed E-state index contributed by atoms with van der Waals surface area (Å²) in [5.41, 5.74) is 4.68. The Labute approximate surface area is 189 Å². The van der Waals surface area contributed by atoms with Gasteiger partial charge in [-0.05, 0) is 68.5 Å². The first-order valence-corrected chi connectivity index (χ1v) is 11.2. The first-order chi connectivity index (χ1) is 15.5. The van der Waals surface area contributed by atoms with Gasteiger partial charge in [0.15, 0.2) is 12.4 Å². The lowest BCUT2D eigenvalue weighted by molar-refractivity contribution is -0.118. The molecule has 3 aromatic rings. The molecular weight excluding hydrogens is 400 g/mol. The zero-order valence-electron chi connectivity index (χ0n) is 19.0. The standard InChI is InChI=1S/C26H30N4O2/c1-18-12-14-30(15-13-18)25-11-9-23(28-29-25)21-5-7-22(8-6-21)27-26(31)17-32-24-10-4-19(2)16-20(24)3/h4-11,16,18H,12-15,17H2,1-3H3,(H,27,31). The van der Waals surface area contributed by atoms with E-state index in [1.54, 1.807) is 0 Å². The highest BCUT2D eigenvalue weighted by molar-refractivity contribution is 5.92. The van der Waals surface area contributed by atoms with Gasteiger partial charge in [0.2, 0.25) is 0 Å². The lowest BCUT2D eigenvalue weighted by Crippen LogP contribution is -2.33. The second kappa shape index (κ2) is 9.81. The zero-order valence-corrected chi connectivity index (χ0v) is 19.0. The van der Waals surface area contributed by atoms with Crippen molar-refractivity contribution in [2.24, 2.45) is 5.92 Å². The van der Waals surface area contributed by atoms with Crippen molar-refractivity contribution in [3.63, 3.8) is 0 Å². The SMILES string of the molecule is Cc1ccc(OCC(=O)Nc2ccc(-c3ccc(N4CCC(C)CC4)nn3)cc2)c(C)c1. The van der Waals surface area contributed by atoms with E-state index < -0.39 is 0 Å². The number of ether oxygens (including phenoxy) is 1. The van der Waals surface area contributed by atoms with Gasteiger partial charge in [-0.2, -0.15) is 0 Å². The molecule has 1 aliphatic heterocycles. The number of benzene rings is 2. The summed E-state index contributed by atoms with van der Waals surface area (Å²) in [5.74, 6) is 2.25. The van der Waals surface area contributed by atoms with Crippen LogP contribution < -0.4 is 15.0 Å². The molecular formula is C26H30N4O2. The third-order valence-electron chi connectivity index (χ3n) is 5.91. The zero-order chi connectivity index (χ0) is 22.5. The Morgan fingerprint density at radius 3 is 2.44 bits per heavy atom. The number of carbonyl (C=O) groups excluding carboxylic acids is 1. The molecule has 6 nitrogen and oxygen atoms in total. The van der Waals surface area contributed by atoms with E-state index in [1.165, 1.54) is 18.4 Å². The molecule has 0 spiro atoms. The molecule has 0 atom stereocenters. The van der Waals surface area contributed by atoms with Crippen molar-refractivity contribution < 1.29 is 9.53 Å². The Morgan fingerprint density at radius 2 is 1.78 bits per heavy atom. The number of nitrogens with zero attached hydrogens (tertiary/aromatic N) is 3. The van der Waals surface area contributed by atoms with Crippen LogP contribution in [0.25, 0.3) is 11.3 Å².